The van der Waals surface area contributed by atoms with Gasteiger partial charge in [-0.3, -0.25) is 0 Å². The molecular formula is C10H5BrClN3. The SMILES string of the molecule is Clc1nc2ncc(Br)cc2n2cccc12. The van der Waals surface area contributed by atoms with Gasteiger partial charge in [0, 0.05) is 16.9 Å². The molecule has 0 aromatic carbocycles. The summed E-state index contributed by atoms with van der Waals surface area (Å²) in [7, 11) is 0. The Kier molecular flexibility index (Phi) is 1.94. The van der Waals surface area contributed by atoms with E-state index in [1.807, 2.05) is 28.8 Å². The van der Waals surface area contributed by atoms with Crippen molar-refractivity contribution in [2.24, 2.45) is 0 Å². The van der Waals surface area contributed by atoms with E-state index in [2.05, 4.69) is 25.9 Å². The summed E-state index contributed by atoms with van der Waals surface area (Å²) in [6.45, 7) is 0. The van der Waals surface area contributed by atoms with Crippen molar-refractivity contribution in [2.45, 2.75) is 0 Å². The normalized spacial score (nSPS) is 11.3. The molecule has 0 saturated carbocycles. The zero-order valence-electron chi connectivity index (χ0n) is 7.48. The van der Waals surface area contributed by atoms with Crippen molar-refractivity contribution in [3.05, 3.63) is 40.2 Å². The van der Waals surface area contributed by atoms with Gasteiger partial charge in [-0.25, -0.2) is 9.97 Å². The highest BCUT2D eigenvalue weighted by atomic mass is 79.9. The summed E-state index contributed by atoms with van der Waals surface area (Å²) in [6, 6.07) is 5.83. The molecule has 0 radical (unpaired) electrons. The Labute approximate surface area is 98.8 Å². The smallest absolute Gasteiger partial charge is 0.178 e. The van der Waals surface area contributed by atoms with Crippen LogP contribution in [0.15, 0.2) is 35.1 Å². The van der Waals surface area contributed by atoms with E-state index in [4.69, 9.17) is 11.6 Å². The van der Waals surface area contributed by atoms with Crippen LogP contribution in [0.1, 0.15) is 0 Å². The Balaban J connectivity index is 2.61. The summed E-state index contributed by atoms with van der Waals surface area (Å²) in [5, 5.41) is 0.474. The van der Waals surface area contributed by atoms with Gasteiger partial charge in [0.05, 0.1) is 11.0 Å². The molecule has 0 aliphatic rings. The number of hydrogen-bond donors (Lipinski definition) is 0. The zero-order chi connectivity index (χ0) is 10.4. The van der Waals surface area contributed by atoms with Crippen LogP contribution in [0.3, 0.4) is 0 Å². The average molecular weight is 283 g/mol. The van der Waals surface area contributed by atoms with Gasteiger partial charge in [-0.1, -0.05) is 11.6 Å². The summed E-state index contributed by atoms with van der Waals surface area (Å²) in [4.78, 5) is 8.44. The molecule has 3 heterocycles. The van der Waals surface area contributed by atoms with Crippen LogP contribution < -0.4 is 0 Å². The molecule has 0 atom stereocenters. The van der Waals surface area contributed by atoms with Crippen molar-refractivity contribution in [1.29, 1.82) is 0 Å². The minimum atomic E-state index is 0.474. The van der Waals surface area contributed by atoms with E-state index in [0.717, 1.165) is 15.5 Å². The Morgan fingerprint density at radius 1 is 1.33 bits per heavy atom. The highest BCUT2D eigenvalue weighted by Crippen LogP contribution is 2.22. The van der Waals surface area contributed by atoms with E-state index in [9.17, 15) is 0 Å². The maximum absolute atomic E-state index is 6.03. The first-order chi connectivity index (χ1) is 7.25. The van der Waals surface area contributed by atoms with Crippen LogP contribution in [0.25, 0.3) is 16.7 Å². The molecular weight excluding hydrogens is 277 g/mol. The van der Waals surface area contributed by atoms with Gasteiger partial charge in [0.2, 0.25) is 0 Å². The lowest BCUT2D eigenvalue weighted by molar-refractivity contribution is 1.18. The quantitative estimate of drug-likeness (QED) is 0.633. The first-order valence-electron chi connectivity index (χ1n) is 4.33. The van der Waals surface area contributed by atoms with Gasteiger partial charge in [-0.2, -0.15) is 0 Å². The summed E-state index contributed by atoms with van der Waals surface area (Å²) in [5.74, 6) is 0. The third kappa shape index (κ3) is 1.33. The summed E-state index contributed by atoms with van der Waals surface area (Å²) in [6.07, 6.45) is 3.65. The maximum Gasteiger partial charge on any atom is 0.178 e. The molecule has 0 fully saturated rings. The first kappa shape index (κ1) is 9.12. The molecule has 3 aromatic heterocycles. The third-order valence-electron chi connectivity index (χ3n) is 2.24. The fourth-order valence-electron chi connectivity index (χ4n) is 1.59. The largest absolute Gasteiger partial charge is 0.311 e. The van der Waals surface area contributed by atoms with Gasteiger partial charge < -0.3 is 4.40 Å². The Bertz CT molecular complexity index is 662. The maximum atomic E-state index is 6.03. The predicted molar refractivity (Wildman–Crippen MR) is 63.2 cm³/mol. The summed E-state index contributed by atoms with van der Waals surface area (Å²) in [5.41, 5.74) is 2.48. The van der Waals surface area contributed by atoms with Gasteiger partial charge in [-0.05, 0) is 34.1 Å². The average Bonchev–Trinajstić information content (AvgIpc) is 2.69. The predicted octanol–water partition coefficient (Wildman–Crippen LogP) is 3.30. The highest BCUT2D eigenvalue weighted by Gasteiger charge is 2.06. The first-order valence-corrected chi connectivity index (χ1v) is 5.50. The van der Waals surface area contributed by atoms with E-state index in [1.165, 1.54) is 0 Å². The molecule has 74 valence electrons. The fraction of sp³-hybridized carbons (Fsp3) is 0. The van der Waals surface area contributed by atoms with Crippen LogP contribution in [0.5, 0.6) is 0 Å². The number of rotatable bonds is 0. The number of halogens is 2. The van der Waals surface area contributed by atoms with Crippen molar-refractivity contribution in [3.63, 3.8) is 0 Å². The van der Waals surface area contributed by atoms with Crippen LogP contribution in [-0.2, 0) is 0 Å². The summed E-state index contributed by atoms with van der Waals surface area (Å²) < 4.78 is 2.90. The van der Waals surface area contributed by atoms with Crippen molar-refractivity contribution < 1.29 is 0 Å². The molecule has 3 aromatic rings. The van der Waals surface area contributed by atoms with Crippen molar-refractivity contribution >= 4 is 44.2 Å². The molecule has 5 heteroatoms. The molecule has 0 spiro atoms. The van der Waals surface area contributed by atoms with Crippen LogP contribution in [0, 0.1) is 0 Å². The Morgan fingerprint density at radius 2 is 2.20 bits per heavy atom. The minimum absolute atomic E-state index is 0.474. The van der Waals surface area contributed by atoms with Gasteiger partial charge >= 0.3 is 0 Å². The molecule has 0 saturated heterocycles. The number of pyridine rings is 1. The monoisotopic (exact) mass is 281 g/mol. The van der Waals surface area contributed by atoms with E-state index in [0.29, 0.717) is 10.8 Å². The van der Waals surface area contributed by atoms with Crippen LogP contribution >= 0.6 is 27.5 Å². The lowest BCUT2D eigenvalue weighted by Gasteiger charge is -2.03. The zero-order valence-corrected chi connectivity index (χ0v) is 9.83. The molecule has 0 N–H and O–H groups in total. The van der Waals surface area contributed by atoms with Gasteiger partial charge in [0.1, 0.15) is 0 Å². The lowest BCUT2D eigenvalue weighted by Crippen LogP contribution is -1.93. The van der Waals surface area contributed by atoms with Crippen LogP contribution in [0.4, 0.5) is 0 Å². The second-order valence-electron chi connectivity index (χ2n) is 3.16. The van der Waals surface area contributed by atoms with Gasteiger partial charge in [0.15, 0.2) is 10.8 Å². The molecule has 3 nitrogen and oxygen atoms in total. The Hall–Kier alpha value is -1.13. The van der Waals surface area contributed by atoms with Crippen molar-refractivity contribution in [1.82, 2.24) is 14.4 Å². The molecule has 0 amide bonds. The van der Waals surface area contributed by atoms with E-state index < -0.39 is 0 Å². The number of hydrogen-bond acceptors (Lipinski definition) is 2. The van der Waals surface area contributed by atoms with Crippen LogP contribution in [0.2, 0.25) is 5.15 Å². The van der Waals surface area contributed by atoms with E-state index in [-0.39, 0.29) is 0 Å². The second kappa shape index (κ2) is 3.18. The molecule has 0 aliphatic carbocycles. The van der Waals surface area contributed by atoms with Gasteiger partial charge in [0.25, 0.3) is 0 Å². The number of aromatic nitrogens is 3. The van der Waals surface area contributed by atoms with Crippen LogP contribution in [-0.4, -0.2) is 14.4 Å². The second-order valence-corrected chi connectivity index (χ2v) is 4.44. The number of fused-ring (bicyclic) bond motifs is 3. The lowest BCUT2D eigenvalue weighted by atomic mass is 10.4. The standard InChI is InChI=1S/C10H5BrClN3/c11-6-4-8-10(13-5-6)14-9(12)7-2-1-3-15(7)8/h1-5H. The molecule has 0 aliphatic heterocycles. The van der Waals surface area contributed by atoms with E-state index in [1.54, 1.807) is 6.20 Å². The molecule has 0 bridgehead atoms. The van der Waals surface area contributed by atoms with Crippen molar-refractivity contribution in [3.8, 4) is 0 Å². The fourth-order valence-corrected chi connectivity index (χ4v) is 2.15. The molecule has 3 rings (SSSR count). The topological polar surface area (TPSA) is 30.2 Å². The molecule has 0 unspecified atom stereocenters. The molecule has 15 heavy (non-hydrogen) atoms. The number of nitrogens with zero attached hydrogens (tertiary/aromatic N) is 3. The minimum Gasteiger partial charge on any atom is -0.311 e. The van der Waals surface area contributed by atoms with E-state index >= 15 is 0 Å². The van der Waals surface area contributed by atoms with Gasteiger partial charge in [-0.15, -0.1) is 0 Å². The highest BCUT2D eigenvalue weighted by molar-refractivity contribution is 9.10. The van der Waals surface area contributed by atoms with Crippen molar-refractivity contribution in [2.75, 3.05) is 0 Å². The summed E-state index contributed by atoms with van der Waals surface area (Å²) >= 11 is 9.42. The Morgan fingerprint density at radius 3 is 3.07 bits per heavy atom. The third-order valence-corrected chi connectivity index (χ3v) is 2.95.